The van der Waals surface area contributed by atoms with Gasteiger partial charge in [0.05, 0.1) is 10.6 Å². The van der Waals surface area contributed by atoms with E-state index in [-0.39, 0.29) is 30.5 Å². The smallest absolute Gasteiger partial charge is 0.406 e. The number of amides is 1. The molecule has 8 nitrogen and oxygen atoms in total. The summed E-state index contributed by atoms with van der Waals surface area (Å²) in [5, 5.41) is 6.19. The molecule has 1 aliphatic rings. The molecule has 0 aromatic heterocycles. The zero-order valence-corrected chi connectivity index (χ0v) is 15.1. The van der Waals surface area contributed by atoms with Crippen molar-refractivity contribution in [2.24, 2.45) is 5.16 Å². The highest BCUT2D eigenvalue weighted by Gasteiger charge is 2.32. The van der Waals surface area contributed by atoms with Crippen molar-refractivity contribution in [3.8, 4) is 5.75 Å². The van der Waals surface area contributed by atoms with Gasteiger partial charge in [-0.15, -0.1) is 13.2 Å². The summed E-state index contributed by atoms with van der Waals surface area (Å²) in [5.74, 6) is -0.833. The van der Waals surface area contributed by atoms with E-state index in [1.807, 2.05) is 0 Å². The zero-order chi connectivity index (χ0) is 20.1. The number of nitrogens with zero attached hydrogens (tertiary/aromatic N) is 2. The fraction of sp³-hybridized carbons (Fsp3) is 0.467. The van der Waals surface area contributed by atoms with Gasteiger partial charge in [0.15, 0.2) is 6.61 Å². The minimum atomic E-state index is -4.84. The molecule has 1 aromatic carbocycles. The van der Waals surface area contributed by atoms with Crippen LogP contribution in [0.2, 0.25) is 0 Å². The summed E-state index contributed by atoms with van der Waals surface area (Å²) < 4.78 is 66.6. The molecule has 27 heavy (non-hydrogen) atoms. The molecular formula is C15H18F3N3O5S. The Balaban J connectivity index is 1.96. The highest BCUT2D eigenvalue weighted by Crippen LogP contribution is 2.26. The summed E-state index contributed by atoms with van der Waals surface area (Å²) in [5.41, 5.74) is 0.624. The second kappa shape index (κ2) is 8.57. The summed E-state index contributed by atoms with van der Waals surface area (Å²) in [6.45, 7) is 0.0605. The molecule has 12 heteroatoms. The summed E-state index contributed by atoms with van der Waals surface area (Å²) in [4.78, 5) is 15.8. The van der Waals surface area contributed by atoms with Gasteiger partial charge in [-0.3, -0.25) is 4.79 Å². The molecule has 0 unspecified atom stereocenters. The third kappa shape index (κ3) is 6.10. The highest BCUT2D eigenvalue weighted by molar-refractivity contribution is 7.89. The summed E-state index contributed by atoms with van der Waals surface area (Å²) >= 11 is 0. The molecule has 1 aromatic rings. The number of piperidine rings is 1. The van der Waals surface area contributed by atoms with Crippen LogP contribution >= 0.6 is 0 Å². The van der Waals surface area contributed by atoms with Gasteiger partial charge in [-0.05, 0) is 24.3 Å². The van der Waals surface area contributed by atoms with Gasteiger partial charge < -0.3 is 14.9 Å². The number of carbonyl (C=O) groups excluding carboxylic acids is 1. The van der Waals surface area contributed by atoms with Crippen molar-refractivity contribution < 1.29 is 36.0 Å². The summed E-state index contributed by atoms with van der Waals surface area (Å²) in [7, 11) is -2.38. The molecular weight excluding hydrogens is 391 g/mol. The van der Waals surface area contributed by atoms with Crippen LogP contribution in [-0.4, -0.2) is 57.4 Å². The average Bonchev–Trinajstić information content (AvgIpc) is 2.61. The molecule has 150 valence electrons. The molecule has 0 radical (unpaired) electrons. The first-order chi connectivity index (χ1) is 12.6. The second-order valence-corrected chi connectivity index (χ2v) is 7.47. The van der Waals surface area contributed by atoms with Crippen LogP contribution in [0.1, 0.15) is 12.8 Å². The van der Waals surface area contributed by atoms with Crippen LogP contribution < -0.4 is 10.1 Å². The lowest BCUT2D eigenvalue weighted by atomic mass is 10.1. The van der Waals surface area contributed by atoms with Crippen LogP contribution in [0.5, 0.6) is 5.75 Å². The van der Waals surface area contributed by atoms with Crippen LogP contribution in [-0.2, 0) is 19.7 Å². The van der Waals surface area contributed by atoms with E-state index in [4.69, 9.17) is 4.84 Å². The molecule has 0 saturated carbocycles. The van der Waals surface area contributed by atoms with E-state index in [1.54, 1.807) is 0 Å². The fourth-order valence-corrected chi connectivity index (χ4v) is 3.73. The number of hydrogen-bond donors (Lipinski definition) is 1. The second-order valence-electron chi connectivity index (χ2n) is 5.53. The molecule has 2 rings (SSSR count). The lowest BCUT2D eigenvalue weighted by molar-refractivity contribution is -0.274. The Morgan fingerprint density at radius 2 is 1.81 bits per heavy atom. The Bertz CT molecular complexity index is 784. The van der Waals surface area contributed by atoms with E-state index >= 15 is 0 Å². The molecule has 1 heterocycles. The topological polar surface area (TPSA) is 97.3 Å². The van der Waals surface area contributed by atoms with E-state index in [0.717, 1.165) is 24.3 Å². The number of rotatable bonds is 6. The first-order valence-corrected chi connectivity index (χ1v) is 9.30. The van der Waals surface area contributed by atoms with Gasteiger partial charge >= 0.3 is 6.36 Å². The maximum absolute atomic E-state index is 12.6. The van der Waals surface area contributed by atoms with Crippen LogP contribution in [0.15, 0.2) is 34.3 Å². The van der Waals surface area contributed by atoms with Gasteiger partial charge in [0.2, 0.25) is 10.0 Å². The van der Waals surface area contributed by atoms with Crippen LogP contribution in [0.4, 0.5) is 13.2 Å². The van der Waals surface area contributed by atoms with Gasteiger partial charge in [0.25, 0.3) is 5.91 Å². The summed E-state index contributed by atoms with van der Waals surface area (Å²) in [6.07, 6.45) is -4.20. The summed E-state index contributed by atoms with van der Waals surface area (Å²) in [6, 6.07) is 4.02. The van der Waals surface area contributed by atoms with Crippen molar-refractivity contribution in [3.63, 3.8) is 0 Å². The van der Waals surface area contributed by atoms with Crippen LogP contribution in [0.3, 0.4) is 0 Å². The Kier molecular flexibility index (Phi) is 6.65. The van der Waals surface area contributed by atoms with Crippen molar-refractivity contribution in [2.75, 3.05) is 26.7 Å². The molecule has 1 fully saturated rings. The van der Waals surface area contributed by atoms with Crippen molar-refractivity contribution in [2.45, 2.75) is 24.1 Å². The number of benzene rings is 1. The number of sulfonamides is 1. The number of alkyl halides is 3. The number of hydrogen-bond acceptors (Lipinski definition) is 6. The lowest BCUT2D eigenvalue weighted by Crippen LogP contribution is -2.38. The third-order valence-corrected chi connectivity index (χ3v) is 5.58. The predicted molar refractivity (Wildman–Crippen MR) is 88.6 cm³/mol. The number of halogens is 3. The third-order valence-electron chi connectivity index (χ3n) is 3.66. The van der Waals surface area contributed by atoms with Gasteiger partial charge in [-0.2, -0.15) is 4.31 Å². The molecule has 1 saturated heterocycles. The van der Waals surface area contributed by atoms with Crippen molar-refractivity contribution in [3.05, 3.63) is 24.3 Å². The molecule has 0 aliphatic carbocycles. The number of oxime groups is 1. The minimum absolute atomic E-state index is 0.131. The minimum Gasteiger partial charge on any atom is -0.406 e. The van der Waals surface area contributed by atoms with Crippen molar-refractivity contribution in [1.82, 2.24) is 9.62 Å². The van der Waals surface area contributed by atoms with Crippen LogP contribution in [0.25, 0.3) is 0 Å². The Morgan fingerprint density at radius 3 is 2.33 bits per heavy atom. The maximum Gasteiger partial charge on any atom is 0.573 e. The Labute approximate surface area is 154 Å². The van der Waals surface area contributed by atoms with Gasteiger partial charge in [0, 0.05) is 33.0 Å². The highest BCUT2D eigenvalue weighted by atomic mass is 32.2. The van der Waals surface area contributed by atoms with Gasteiger partial charge in [-0.1, -0.05) is 5.16 Å². The molecule has 1 aliphatic heterocycles. The van der Waals surface area contributed by atoms with E-state index < -0.39 is 22.1 Å². The number of likely N-dealkylation sites (N-methyl/N-ethyl adjacent to an activating group) is 1. The van der Waals surface area contributed by atoms with E-state index in [1.165, 1.54) is 11.4 Å². The molecule has 1 N–H and O–H groups in total. The Morgan fingerprint density at radius 1 is 1.22 bits per heavy atom. The standard InChI is InChI=1S/C15H18F3N3O5S/c1-19-14(22)10-25-20-11-6-8-21(9-7-11)27(23,24)13-4-2-12(3-5-13)26-15(16,17)18/h2-5H,6-10H2,1H3,(H,19,22). The van der Waals surface area contributed by atoms with E-state index in [0.29, 0.717) is 18.6 Å². The van der Waals surface area contributed by atoms with E-state index in [2.05, 4.69) is 15.2 Å². The van der Waals surface area contributed by atoms with Crippen LogP contribution in [0, 0.1) is 0 Å². The first-order valence-electron chi connectivity index (χ1n) is 7.86. The molecule has 0 atom stereocenters. The number of nitrogens with one attached hydrogen (secondary N) is 1. The molecule has 1 amide bonds. The molecule has 0 bridgehead atoms. The quantitative estimate of drug-likeness (QED) is 0.718. The van der Waals surface area contributed by atoms with Crippen molar-refractivity contribution >= 4 is 21.6 Å². The van der Waals surface area contributed by atoms with E-state index in [9.17, 15) is 26.4 Å². The monoisotopic (exact) mass is 409 g/mol. The number of ether oxygens (including phenoxy) is 1. The maximum atomic E-state index is 12.6. The zero-order valence-electron chi connectivity index (χ0n) is 14.3. The fourth-order valence-electron chi connectivity index (χ4n) is 2.29. The SMILES string of the molecule is CNC(=O)CON=C1CCN(S(=O)(=O)c2ccc(OC(F)(F)F)cc2)CC1. The van der Waals surface area contributed by atoms with Gasteiger partial charge in [-0.25, -0.2) is 8.42 Å². The van der Waals surface area contributed by atoms with Gasteiger partial charge in [0.1, 0.15) is 5.75 Å². The van der Waals surface area contributed by atoms with Crippen molar-refractivity contribution in [1.29, 1.82) is 0 Å². The predicted octanol–water partition coefficient (Wildman–Crippen LogP) is 1.49. The molecule has 0 spiro atoms. The first kappa shape index (κ1) is 21.0. The largest absolute Gasteiger partial charge is 0.573 e. The average molecular weight is 409 g/mol. The Hall–Kier alpha value is -2.34. The number of carbonyl (C=O) groups is 1. The normalized spacial score (nSPS) is 15.9. The lowest BCUT2D eigenvalue weighted by Gasteiger charge is -2.26.